The van der Waals surface area contributed by atoms with Crippen LogP contribution >= 0.6 is 0 Å². The van der Waals surface area contributed by atoms with Crippen LogP contribution in [-0.4, -0.2) is 5.78 Å². The zero-order valence-corrected chi connectivity index (χ0v) is 22.0. The summed E-state index contributed by atoms with van der Waals surface area (Å²) in [6.45, 7) is 20.7. The van der Waals surface area contributed by atoms with Gasteiger partial charge in [0, 0.05) is 12.3 Å². The molecule has 0 amide bonds. The fourth-order valence-electron chi connectivity index (χ4n) is 11.2. The molecule has 1 nitrogen and oxygen atoms in total. The van der Waals surface area contributed by atoms with E-state index in [1.165, 1.54) is 57.8 Å². The van der Waals surface area contributed by atoms with E-state index in [-0.39, 0.29) is 11.3 Å². The molecule has 5 saturated carbocycles. The highest BCUT2D eigenvalue weighted by molar-refractivity contribution is 5.82. The molecule has 0 aliphatic heterocycles. The molecule has 1 heteroatoms. The Bertz CT molecular complexity index is 781. The number of fused-ring (bicyclic) bond motifs is 7. The van der Waals surface area contributed by atoms with Gasteiger partial charge in [-0.15, -0.1) is 0 Å². The number of ketones is 1. The second kappa shape index (κ2) is 6.41. The standard InChI is InChI=1S/C30H50O/c1-20-21(31)9-10-22-27(20,5)12-11-23-28(22,6)16-18-30(8)24-19-25(2,3)13-14-26(24,4)15-17-29(23,30)7/h20,22-24H,9-19H2,1-8H3/t20-,22+,23-,24+,26+,27+,28-,29-,30-/m0/s1. The van der Waals surface area contributed by atoms with Gasteiger partial charge in [0.05, 0.1) is 0 Å². The second-order valence-corrected chi connectivity index (χ2v) is 15.3. The lowest BCUT2D eigenvalue weighted by Gasteiger charge is -2.74. The molecule has 0 N–H and O–H groups in total. The monoisotopic (exact) mass is 426 g/mol. The molecule has 0 radical (unpaired) electrons. The maximum absolute atomic E-state index is 12.7. The van der Waals surface area contributed by atoms with Gasteiger partial charge in [0.2, 0.25) is 0 Å². The normalized spacial score (nSPS) is 58.5. The van der Waals surface area contributed by atoms with Crippen LogP contribution < -0.4 is 0 Å². The van der Waals surface area contributed by atoms with Crippen LogP contribution in [0, 0.1) is 56.2 Å². The minimum Gasteiger partial charge on any atom is -0.299 e. The van der Waals surface area contributed by atoms with Crippen LogP contribution in [0.4, 0.5) is 0 Å². The number of carbonyl (C=O) groups is 1. The van der Waals surface area contributed by atoms with Gasteiger partial charge in [0.15, 0.2) is 0 Å². The van der Waals surface area contributed by atoms with E-state index in [1.807, 2.05) is 0 Å². The van der Waals surface area contributed by atoms with Crippen molar-refractivity contribution < 1.29 is 4.79 Å². The quantitative estimate of drug-likeness (QED) is 0.379. The average Bonchev–Trinajstić information content (AvgIpc) is 2.69. The lowest BCUT2D eigenvalue weighted by molar-refractivity contribution is -0.256. The number of rotatable bonds is 0. The van der Waals surface area contributed by atoms with E-state index < -0.39 is 0 Å². The molecule has 0 aromatic carbocycles. The van der Waals surface area contributed by atoms with E-state index in [2.05, 4.69) is 55.4 Å². The van der Waals surface area contributed by atoms with Gasteiger partial charge < -0.3 is 0 Å². The van der Waals surface area contributed by atoms with Gasteiger partial charge in [-0.05, 0) is 114 Å². The largest absolute Gasteiger partial charge is 0.299 e. The number of Topliss-reactive ketones (excluding diaryl/α,β-unsaturated/α-hetero) is 1. The molecular weight excluding hydrogens is 376 g/mol. The van der Waals surface area contributed by atoms with Gasteiger partial charge in [0.25, 0.3) is 0 Å². The van der Waals surface area contributed by atoms with Crippen molar-refractivity contribution in [2.24, 2.45) is 56.2 Å². The zero-order chi connectivity index (χ0) is 22.7. The van der Waals surface area contributed by atoms with Crippen molar-refractivity contribution in [3.05, 3.63) is 0 Å². The average molecular weight is 427 g/mol. The van der Waals surface area contributed by atoms with E-state index >= 15 is 0 Å². The van der Waals surface area contributed by atoms with Crippen LogP contribution in [0.15, 0.2) is 0 Å². The van der Waals surface area contributed by atoms with E-state index in [0.29, 0.717) is 32.9 Å². The Morgan fingerprint density at radius 2 is 1.26 bits per heavy atom. The Balaban J connectivity index is 1.55. The Morgan fingerprint density at radius 1 is 0.645 bits per heavy atom. The van der Waals surface area contributed by atoms with Crippen LogP contribution in [0.2, 0.25) is 0 Å². The van der Waals surface area contributed by atoms with E-state index in [0.717, 1.165) is 30.6 Å². The van der Waals surface area contributed by atoms with Crippen molar-refractivity contribution >= 4 is 5.78 Å². The first-order valence-electron chi connectivity index (χ1n) is 13.7. The van der Waals surface area contributed by atoms with Crippen molar-refractivity contribution in [3.8, 4) is 0 Å². The van der Waals surface area contributed by atoms with Crippen molar-refractivity contribution in [2.45, 2.75) is 126 Å². The van der Waals surface area contributed by atoms with Crippen LogP contribution in [0.5, 0.6) is 0 Å². The molecule has 5 fully saturated rings. The highest BCUT2D eigenvalue weighted by Crippen LogP contribution is 2.78. The molecule has 0 heterocycles. The predicted molar refractivity (Wildman–Crippen MR) is 130 cm³/mol. The van der Waals surface area contributed by atoms with Crippen LogP contribution in [0.1, 0.15) is 126 Å². The van der Waals surface area contributed by atoms with Gasteiger partial charge in [-0.25, -0.2) is 0 Å². The first-order chi connectivity index (χ1) is 14.2. The van der Waals surface area contributed by atoms with E-state index in [1.54, 1.807) is 0 Å². The van der Waals surface area contributed by atoms with E-state index in [4.69, 9.17) is 0 Å². The first-order valence-corrected chi connectivity index (χ1v) is 13.7. The van der Waals surface area contributed by atoms with Crippen LogP contribution in [0.3, 0.4) is 0 Å². The summed E-state index contributed by atoms with van der Waals surface area (Å²) in [5, 5.41) is 0. The Kier molecular flexibility index (Phi) is 4.65. The maximum atomic E-state index is 12.7. The summed E-state index contributed by atoms with van der Waals surface area (Å²) in [4.78, 5) is 12.7. The molecule has 5 rings (SSSR count). The summed E-state index contributed by atoms with van der Waals surface area (Å²) in [5.74, 6) is 3.27. The molecule has 0 saturated heterocycles. The third-order valence-corrected chi connectivity index (χ3v) is 13.7. The summed E-state index contributed by atoms with van der Waals surface area (Å²) in [6.07, 6.45) is 14.6. The number of hydrogen-bond acceptors (Lipinski definition) is 1. The fourth-order valence-corrected chi connectivity index (χ4v) is 11.2. The Hall–Kier alpha value is -0.330. The minimum absolute atomic E-state index is 0.237. The van der Waals surface area contributed by atoms with Crippen molar-refractivity contribution in [3.63, 3.8) is 0 Å². The molecule has 5 aliphatic carbocycles. The summed E-state index contributed by atoms with van der Waals surface area (Å²) in [6, 6.07) is 0. The minimum atomic E-state index is 0.237. The summed E-state index contributed by atoms with van der Waals surface area (Å²) >= 11 is 0. The number of carbonyl (C=O) groups excluding carboxylic acids is 1. The molecule has 0 unspecified atom stereocenters. The summed E-state index contributed by atoms with van der Waals surface area (Å²) < 4.78 is 0. The summed E-state index contributed by atoms with van der Waals surface area (Å²) in [7, 11) is 0. The van der Waals surface area contributed by atoms with E-state index in [9.17, 15) is 4.79 Å². The lowest BCUT2D eigenvalue weighted by atomic mass is 9.30. The van der Waals surface area contributed by atoms with Crippen molar-refractivity contribution in [1.29, 1.82) is 0 Å². The molecule has 0 aromatic rings. The van der Waals surface area contributed by atoms with Gasteiger partial charge in [-0.3, -0.25) is 4.79 Å². The lowest BCUT2D eigenvalue weighted by Crippen LogP contribution is -2.67. The summed E-state index contributed by atoms with van der Waals surface area (Å²) in [5.41, 5.74) is 2.67. The van der Waals surface area contributed by atoms with Crippen LogP contribution in [-0.2, 0) is 4.79 Å². The molecule has 0 spiro atoms. The first kappa shape index (κ1) is 22.5. The third-order valence-electron chi connectivity index (χ3n) is 13.7. The van der Waals surface area contributed by atoms with Gasteiger partial charge in [0.1, 0.15) is 5.78 Å². The highest BCUT2D eigenvalue weighted by atomic mass is 16.1. The smallest absolute Gasteiger partial charge is 0.136 e. The number of hydrogen-bond donors (Lipinski definition) is 0. The molecular formula is C30H50O. The molecule has 5 aliphatic rings. The maximum Gasteiger partial charge on any atom is 0.136 e. The second-order valence-electron chi connectivity index (χ2n) is 15.3. The van der Waals surface area contributed by atoms with Crippen molar-refractivity contribution in [2.75, 3.05) is 0 Å². The molecule has 0 bridgehead atoms. The van der Waals surface area contributed by atoms with Gasteiger partial charge in [-0.2, -0.15) is 0 Å². The van der Waals surface area contributed by atoms with Crippen LogP contribution in [0.25, 0.3) is 0 Å². The van der Waals surface area contributed by atoms with Gasteiger partial charge >= 0.3 is 0 Å². The van der Waals surface area contributed by atoms with Gasteiger partial charge in [-0.1, -0.05) is 55.4 Å². The zero-order valence-electron chi connectivity index (χ0n) is 22.0. The molecule has 31 heavy (non-hydrogen) atoms. The SMILES string of the molecule is C[C@H]1C(=O)CC[C@@H]2[C@]1(C)CC[C@H]1[C@@]2(C)CC[C@@]2(C)[C@@H]3CC(C)(C)CC[C@]3(C)CC[C@@]12C. The molecule has 0 aromatic heterocycles. The molecule has 9 atom stereocenters. The fraction of sp³-hybridized carbons (Fsp3) is 0.967. The Morgan fingerprint density at radius 3 is 1.97 bits per heavy atom. The third kappa shape index (κ3) is 2.70. The highest BCUT2D eigenvalue weighted by Gasteiger charge is 2.70. The predicted octanol–water partition coefficient (Wildman–Crippen LogP) is 8.46. The molecule has 176 valence electrons. The van der Waals surface area contributed by atoms with Crippen molar-refractivity contribution in [1.82, 2.24) is 0 Å². The topological polar surface area (TPSA) is 17.1 Å². The Labute approximate surface area is 192 Å².